The van der Waals surface area contributed by atoms with Crippen LogP contribution in [0.4, 0.5) is 0 Å². The summed E-state index contributed by atoms with van der Waals surface area (Å²) >= 11 is 6.42. The minimum atomic E-state index is 0.360. The van der Waals surface area contributed by atoms with E-state index in [9.17, 15) is 0 Å². The zero-order chi connectivity index (χ0) is 14.8. The molecule has 3 rings (SSSR count). The number of piperidine rings is 1. The number of para-hydroxylation sites is 1. The molecule has 2 unspecified atom stereocenters. The molecule has 21 heavy (non-hydrogen) atoms. The summed E-state index contributed by atoms with van der Waals surface area (Å²) in [6.45, 7) is 6.56. The first-order valence-corrected chi connectivity index (χ1v) is 8.50. The van der Waals surface area contributed by atoms with E-state index in [1.807, 2.05) is 12.1 Å². The second kappa shape index (κ2) is 6.37. The summed E-state index contributed by atoms with van der Waals surface area (Å²) in [6.07, 6.45) is 4.81. The first kappa shape index (κ1) is 14.9. The predicted molar refractivity (Wildman–Crippen MR) is 88.8 cm³/mol. The predicted octanol–water partition coefficient (Wildman–Crippen LogP) is 4.55. The molecule has 0 spiro atoms. The van der Waals surface area contributed by atoms with Gasteiger partial charge in [-0.3, -0.25) is 0 Å². The minimum absolute atomic E-state index is 0.360. The van der Waals surface area contributed by atoms with Crippen LogP contribution in [-0.2, 0) is 6.54 Å². The molecule has 3 nitrogen and oxygen atoms in total. The molecule has 114 valence electrons. The Morgan fingerprint density at radius 2 is 2.24 bits per heavy atom. The number of imidazole rings is 1. The zero-order valence-electron chi connectivity index (χ0n) is 12.9. The second-order valence-corrected chi connectivity index (χ2v) is 6.44. The monoisotopic (exact) mass is 305 g/mol. The Labute approximate surface area is 131 Å². The van der Waals surface area contributed by atoms with Gasteiger partial charge in [-0.15, -0.1) is 0 Å². The van der Waals surface area contributed by atoms with Crippen LogP contribution in [0.1, 0.15) is 51.4 Å². The van der Waals surface area contributed by atoms with Gasteiger partial charge in [0.2, 0.25) is 0 Å². The van der Waals surface area contributed by atoms with Crippen LogP contribution in [0.5, 0.6) is 0 Å². The van der Waals surface area contributed by atoms with E-state index in [4.69, 9.17) is 16.6 Å². The van der Waals surface area contributed by atoms with Crippen molar-refractivity contribution in [3.05, 3.63) is 29.0 Å². The third kappa shape index (κ3) is 2.82. The molecule has 2 heterocycles. The summed E-state index contributed by atoms with van der Waals surface area (Å²) in [5.41, 5.74) is 2.11. The second-order valence-electron chi connectivity index (χ2n) is 6.03. The van der Waals surface area contributed by atoms with Gasteiger partial charge in [0.1, 0.15) is 5.82 Å². The van der Waals surface area contributed by atoms with Crippen LogP contribution < -0.4 is 5.32 Å². The van der Waals surface area contributed by atoms with Crippen molar-refractivity contribution in [1.82, 2.24) is 14.9 Å². The molecule has 0 radical (unpaired) electrons. The third-order valence-electron chi connectivity index (χ3n) is 4.60. The van der Waals surface area contributed by atoms with Crippen molar-refractivity contribution in [3.63, 3.8) is 0 Å². The van der Waals surface area contributed by atoms with Gasteiger partial charge in [0.25, 0.3) is 0 Å². The van der Waals surface area contributed by atoms with Crippen LogP contribution in [0.3, 0.4) is 0 Å². The van der Waals surface area contributed by atoms with Crippen LogP contribution in [-0.4, -0.2) is 16.1 Å². The van der Waals surface area contributed by atoms with Crippen LogP contribution in [0.25, 0.3) is 11.0 Å². The number of nitrogens with zero attached hydrogens (tertiary/aromatic N) is 2. The van der Waals surface area contributed by atoms with E-state index in [1.54, 1.807) is 0 Å². The number of nitrogens with one attached hydrogen (secondary N) is 1. The first-order chi connectivity index (χ1) is 10.2. The lowest BCUT2D eigenvalue weighted by Gasteiger charge is -2.29. The average molecular weight is 306 g/mol. The fourth-order valence-electron chi connectivity index (χ4n) is 3.44. The topological polar surface area (TPSA) is 29.9 Å². The van der Waals surface area contributed by atoms with E-state index in [0.717, 1.165) is 47.3 Å². The maximum Gasteiger partial charge on any atom is 0.127 e. The van der Waals surface area contributed by atoms with E-state index in [1.165, 1.54) is 19.3 Å². The van der Waals surface area contributed by atoms with Gasteiger partial charge in [-0.25, -0.2) is 4.98 Å². The number of aromatic nitrogens is 2. The lowest BCUT2D eigenvalue weighted by atomic mass is 9.90. The standard InChI is InChI=1S/C17H24ClN3/c1-3-10-21-16-13(18)6-5-7-14(16)20-17(21)15-11-12(4-2)8-9-19-15/h5-7,12,15,19H,3-4,8-11H2,1-2H3. The molecule has 4 heteroatoms. The molecular weight excluding hydrogens is 282 g/mol. The van der Waals surface area contributed by atoms with E-state index in [-0.39, 0.29) is 0 Å². The van der Waals surface area contributed by atoms with Gasteiger partial charge in [-0.05, 0) is 43.9 Å². The van der Waals surface area contributed by atoms with E-state index >= 15 is 0 Å². The fourth-order valence-corrected chi connectivity index (χ4v) is 3.71. The van der Waals surface area contributed by atoms with Crippen molar-refractivity contribution in [2.24, 2.45) is 5.92 Å². The lowest BCUT2D eigenvalue weighted by molar-refractivity contribution is 0.286. The highest BCUT2D eigenvalue weighted by atomic mass is 35.5. The lowest BCUT2D eigenvalue weighted by Crippen LogP contribution is -2.33. The molecule has 1 aromatic heterocycles. The summed E-state index contributed by atoms with van der Waals surface area (Å²) in [4.78, 5) is 4.90. The normalized spacial score (nSPS) is 22.8. The van der Waals surface area contributed by atoms with E-state index < -0.39 is 0 Å². The highest BCUT2D eigenvalue weighted by molar-refractivity contribution is 6.35. The van der Waals surface area contributed by atoms with Crippen molar-refractivity contribution < 1.29 is 0 Å². The SMILES string of the molecule is CCCn1c(C2CC(CC)CCN2)nc2cccc(Cl)c21. The smallest absolute Gasteiger partial charge is 0.127 e. The Balaban J connectivity index is 2.04. The van der Waals surface area contributed by atoms with Crippen LogP contribution >= 0.6 is 11.6 Å². The molecule has 0 aliphatic carbocycles. The molecular formula is C17H24ClN3. The number of hydrogen-bond acceptors (Lipinski definition) is 2. The van der Waals surface area contributed by atoms with Crippen molar-refractivity contribution >= 4 is 22.6 Å². The van der Waals surface area contributed by atoms with Gasteiger partial charge in [-0.1, -0.05) is 37.9 Å². The molecule has 1 aromatic carbocycles. The molecule has 1 aliphatic rings. The van der Waals surface area contributed by atoms with Crippen LogP contribution in [0.2, 0.25) is 5.02 Å². The maximum atomic E-state index is 6.42. The summed E-state index contributed by atoms with van der Waals surface area (Å²) < 4.78 is 2.33. The Kier molecular flexibility index (Phi) is 4.51. The van der Waals surface area contributed by atoms with E-state index in [2.05, 4.69) is 29.8 Å². The highest BCUT2D eigenvalue weighted by Crippen LogP contribution is 2.32. The number of aryl methyl sites for hydroxylation is 1. The zero-order valence-corrected chi connectivity index (χ0v) is 13.7. The van der Waals surface area contributed by atoms with Gasteiger partial charge >= 0.3 is 0 Å². The number of benzene rings is 1. The van der Waals surface area contributed by atoms with Crippen LogP contribution in [0.15, 0.2) is 18.2 Å². The van der Waals surface area contributed by atoms with Gasteiger partial charge in [-0.2, -0.15) is 0 Å². The van der Waals surface area contributed by atoms with Gasteiger partial charge in [0, 0.05) is 6.54 Å². The number of halogens is 1. The summed E-state index contributed by atoms with van der Waals surface area (Å²) in [6, 6.07) is 6.38. The number of fused-ring (bicyclic) bond motifs is 1. The van der Waals surface area contributed by atoms with E-state index in [0.29, 0.717) is 6.04 Å². The van der Waals surface area contributed by atoms with Crippen molar-refractivity contribution in [2.75, 3.05) is 6.54 Å². The first-order valence-electron chi connectivity index (χ1n) is 8.12. The van der Waals surface area contributed by atoms with Gasteiger partial charge in [0.15, 0.2) is 0 Å². The average Bonchev–Trinajstić information content (AvgIpc) is 2.88. The highest BCUT2D eigenvalue weighted by Gasteiger charge is 2.26. The minimum Gasteiger partial charge on any atom is -0.325 e. The van der Waals surface area contributed by atoms with Crippen LogP contribution in [0, 0.1) is 5.92 Å². The molecule has 1 N–H and O–H groups in total. The third-order valence-corrected chi connectivity index (χ3v) is 4.90. The Morgan fingerprint density at radius 3 is 3.00 bits per heavy atom. The van der Waals surface area contributed by atoms with Gasteiger partial charge < -0.3 is 9.88 Å². The molecule has 1 fully saturated rings. The summed E-state index contributed by atoms with van der Waals surface area (Å²) in [5, 5.41) is 4.46. The maximum absolute atomic E-state index is 6.42. The largest absolute Gasteiger partial charge is 0.325 e. The van der Waals surface area contributed by atoms with Crippen molar-refractivity contribution in [1.29, 1.82) is 0 Å². The van der Waals surface area contributed by atoms with Crippen molar-refractivity contribution in [2.45, 2.75) is 52.1 Å². The summed E-state index contributed by atoms with van der Waals surface area (Å²) in [7, 11) is 0. The number of rotatable bonds is 4. The molecule has 2 atom stereocenters. The fraction of sp³-hybridized carbons (Fsp3) is 0.588. The quantitative estimate of drug-likeness (QED) is 0.898. The Bertz CT molecular complexity index is 620. The molecule has 1 aliphatic heterocycles. The molecule has 2 aromatic rings. The Hall–Kier alpha value is -1.06. The summed E-state index contributed by atoms with van der Waals surface area (Å²) in [5.74, 6) is 1.97. The molecule has 0 bridgehead atoms. The van der Waals surface area contributed by atoms with Gasteiger partial charge in [0.05, 0.1) is 22.1 Å². The number of hydrogen-bond donors (Lipinski definition) is 1. The molecule has 0 amide bonds. The molecule has 1 saturated heterocycles. The molecule has 0 saturated carbocycles. The van der Waals surface area contributed by atoms with Crippen molar-refractivity contribution in [3.8, 4) is 0 Å². The Morgan fingerprint density at radius 1 is 1.38 bits per heavy atom.